The van der Waals surface area contributed by atoms with Gasteiger partial charge < -0.3 is 10.1 Å². The van der Waals surface area contributed by atoms with E-state index in [2.05, 4.69) is 20.7 Å². The number of methoxy groups -OCH3 is 1. The lowest BCUT2D eigenvalue weighted by Crippen LogP contribution is -2.52. The van der Waals surface area contributed by atoms with E-state index in [1.54, 1.807) is 18.0 Å². The predicted molar refractivity (Wildman–Crippen MR) is 97.1 cm³/mol. The van der Waals surface area contributed by atoms with Gasteiger partial charge in [-0.3, -0.25) is 14.8 Å². The molecule has 3 heterocycles. The molecule has 0 atom stereocenters. The molecule has 0 radical (unpaired) electrons. The summed E-state index contributed by atoms with van der Waals surface area (Å²) in [6.45, 7) is 1.56. The predicted octanol–water partition coefficient (Wildman–Crippen LogP) is 2.22. The van der Waals surface area contributed by atoms with E-state index in [1.165, 1.54) is 11.3 Å². The third kappa shape index (κ3) is 2.87. The molecular weight excluding hydrogens is 338 g/mol. The van der Waals surface area contributed by atoms with E-state index in [0.717, 1.165) is 29.1 Å². The smallest absolute Gasteiger partial charge is 0.254 e. The maximum Gasteiger partial charge on any atom is 0.254 e. The molecule has 130 valence electrons. The molecule has 1 aliphatic rings. The Hall–Kier alpha value is -2.45. The molecule has 0 spiro atoms. The van der Waals surface area contributed by atoms with Crippen LogP contribution in [0.5, 0.6) is 5.75 Å². The molecule has 1 aliphatic heterocycles. The number of carbonyl (C=O) groups is 1. The number of rotatable bonds is 4. The molecule has 2 N–H and O–H groups in total. The number of thiazole rings is 1. The van der Waals surface area contributed by atoms with Crippen molar-refractivity contribution in [3.63, 3.8) is 0 Å². The Kier molecular flexibility index (Phi) is 4.14. The second kappa shape index (κ2) is 6.45. The van der Waals surface area contributed by atoms with Crippen LogP contribution < -0.4 is 15.4 Å². The zero-order chi connectivity index (χ0) is 17.3. The Morgan fingerprint density at radius 2 is 2.24 bits per heavy atom. The fourth-order valence-corrected chi connectivity index (χ4v) is 4.11. The lowest BCUT2D eigenvalue weighted by atomic mass is 9.87. The number of carbonyl (C=O) groups excluding carboxylic acids is 1. The van der Waals surface area contributed by atoms with E-state index < -0.39 is 5.54 Å². The molecule has 0 bridgehead atoms. The first-order valence-corrected chi connectivity index (χ1v) is 9.00. The van der Waals surface area contributed by atoms with Crippen molar-refractivity contribution < 1.29 is 9.53 Å². The summed E-state index contributed by atoms with van der Waals surface area (Å²) in [4.78, 5) is 17.7. The first-order valence-electron chi connectivity index (χ1n) is 8.18. The van der Waals surface area contributed by atoms with Gasteiger partial charge in [0.25, 0.3) is 5.91 Å². The van der Waals surface area contributed by atoms with E-state index in [9.17, 15) is 4.79 Å². The van der Waals surface area contributed by atoms with E-state index in [1.807, 2.05) is 30.5 Å². The van der Waals surface area contributed by atoms with Gasteiger partial charge in [-0.05, 0) is 50.2 Å². The number of fused-ring (bicyclic) bond motifs is 1. The second-order valence-corrected chi connectivity index (χ2v) is 7.07. The van der Waals surface area contributed by atoms with Crippen LogP contribution in [-0.4, -0.2) is 40.9 Å². The van der Waals surface area contributed by atoms with E-state index >= 15 is 0 Å². The van der Waals surface area contributed by atoms with Crippen molar-refractivity contribution in [2.24, 2.45) is 0 Å². The number of piperidine rings is 1. The number of ether oxygens (including phenoxy) is 1. The van der Waals surface area contributed by atoms with E-state index in [0.29, 0.717) is 18.0 Å². The molecule has 0 saturated carbocycles. The second-order valence-electron chi connectivity index (χ2n) is 6.04. The maximum atomic E-state index is 13.1. The summed E-state index contributed by atoms with van der Waals surface area (Å²) in [6.07, 6.45) is 4.95. The average molecular weight is 357 g/mol. The quantitative estimate of drug-likeness (QED) is 0.748. The van der Waals surface area contributed by atoms with Gasteiger partial charge in [-0.1, -0.05) is 11.3 Å². The minimum atomic E-state index is -0.676. The standard InChI is InChI=1S/C17H19N5O2S/c1-24-12-3-4-13-14(11-12)25-16(20-13)21-15(23)17(5-8-18-9-6-17)22-10-2-7-19-22/h2-4,7,10-11,18H,5-6,8-9H2,1H3,(H,20,21,23). The molecule has 8 heteroatoms. The van der Waals surface area contributed by atoms with Gasteiger partial charge in [-0.25, -0.2) is 4.98 Å². The number of nitrogens with zero attached hydrogens (tertiary/aromatic N) is 3. The van der Waals surface area contributed by atoms with Gasteiger partial charge in [0, 0.05) is 12.4 Å². The Morgan fingerprint density at radius 3 is 2.96 bits per heavy atom. The highest BCUT2D eigenvalue weighted by atomic mass is 32.1. The first kappa shape index (κ1) is 16.0. The highest BCUT2D eigenvalue weighted by molar-refractivity contribution is 7.22. The Balaban J connectivity index is 1.63. The van der Waals surface area contributed by atoms with Crippen molar-refractivity contribution in [1.29, 1.82) is 0 Å². The normalized spacial score (nSPS) is 16.7. The van der Waals surface area contributed by atoms with Crippen LogP contribution in [0.15, 0.2) is 36.7 Å². The fourth-order valence-electron chi connectivity index (χ4n) is 3.22. The number of aromatic nitrogens is 3. The lowest BCUT2D eigenvalue weighted by molar-refractivity contribution is -0.126. The maximum absolute atomic E-state index is 13.1. The van der Waals surface area contributed by atoms with Gasteiger partial charge in [-0.15, -0.1) is 0 Å². The third-order valence-corrected chi connectivity index (χ3v) is 5.55. The van der Waals surface area contributed by atoms with Crippen molar-refractivity contribution >= 4 is 32.6 Å². The summed E-state index contributed by atoms with van der Waals surface area (Å²) in [6, 6.07) is 7.54. The van der Waals surface area contributed by atoms with Crippen LogP contribution in [0.3, 0.4) is 0 Å². The Bertz CT molecular complexity index is 884. The highest BCUT2D eigenvalue weighted by Gasteiger charge is 2.42. The first-order chi connectivity index (χ1) is 12.2. The van der Waals surface area contributed by atoms with Crippen molar-refractivity contribution in [2.75, 3.05) is 25.5 Å². The van der Waals surface area contributed by atoms with Gasteiger partial charge >= 0.3 is 0 Å². The van der Waals surface area contributed by atoms with Gasteiger partial charge in [0.2, 0.25) is 0 Å². The summed E-state index contributed by atoms with van der Waals surface area (Å²) >= 11 is 1.45. The topological polar surface area (TPSA) is 81.1 Å². The average Bonchev–Trinajstić information content (AvgIpc) is 3.31. The fraction of sp³-hybridized carbons (Fsp3) is 0.353. The van der Waals surface area contributed by atoms with Crippen molar-refractivity contribution in [3.05, 3.63) is 36.7 Å². The minimum absolute atomic E-state index is 0.0660. The summed E-state index contributed by atoms with van der Waals surface area (Å²) in [5, 5.41) is 11.2. The largest absolute Gasteiger partial charge is 0.497 e. The lowest BCUT2D eigenvalue weighted by Gasteiger charge is -2.36. The summed E-state index contributed by atoms with van der Waals surface area (Å²) in [5.74, 6) is 0.712. The van der Waals surface area contributed by atoms with Gasteiger partial charge in [0.15, 0.2) is 5.13 Å². The van der Waals surface area contributed by atoms with Crippen molar-refractivity contribution in [3.8, 4) is 5.75 Å². The number of anilines is 1. The molecule has 0 unspecified atom stereocenters. The summed E-state index contributed by atoms with van der Waals surface area (Å²) in [7, 11) is 1.63. The van der Waals surface area contributed by atoms with Crippen LogP contribution in [-0.2, 0) is 10.3 Å². The Labute approximate surface area is 149 Å². The molecule has 3 aromatic rings. The minimum Gasteiger partial charge on any atom is -0.497 e. The van der Waals surface area contributed by atoms with Crippen LogP contribution in [0.25, 0.3) is 10.2 Å². The van der Waals surface area contributed by atoms with Crippen LogP contribution in [0.4, 0.5) is 5.13 Å². The SMILES string of the molecule is COc1ccc2nc(NC(=O)C3(n4cccn4)CCNCC3)sc2c1. The molecule has 7 nitrogen and oxygen atoms in total. The number of hydrogen-bond donors (Lipinski definition) is 2. The number of hydrogen-bond acceptors (Lipinski definition) is 6. The van der Waals surface area contributed by atoms with Gasteiger partial charge in [-0.2, -0.15) is 5.10 Å². The summed E-state index contributed by atoms with van der Waals surface area (Å²) < 4.78 is 8.00. The molecule has 2 aromatic heterocycles. The molecule has 1 saturated heterocycles. The van der Waals surface area contributed by atoms with Crippen molar-refractivity contribution in [1.82, 2.24) is 20.1 Å². The van der Waals surface area contributed by atoms with Crippen molar-refractivity contribution in [2.45, 2.75) is 18.4 Å². The zero-order valence-corrected chi connectivity index (χ0v) is 14.7. The van der Waals surface area contributed by atoms with Crippen LogP contribution in [0.1, 0.15) is 12.8 Å². The van der Waals surface area contributed by atoms with Gasteiger partial charge in [0.1, 0.15) is 11.3 Å². The monoisotopic (exact) mass is 357 g/mol. The highest BCUT2D eigenvalue weighted by Crippen LogP contribution is 2.32. The molecule has 1 fully saturated rings. The van der Waals surface area contributed by atoms with Crippen LogP contribution in [0.2, 0.25) is 0 Å². The Morgan fingerprint density at radius 1 is 1.40 bits per heavy atom. The zero-order valence-electron chi connectivity index (χ0n) is 13.9. The number of nitrogens with one attached hydrogen (secondary N) is 2. The van der Waals surface area contributed by atoms with Gasteiger partial charge in [0.05, 0.1) is 17.3 Å². The third-order valence-electron chi connectivity index (χ3n) is 4.61. The molecule has 1 amide bonds. The number of amides is 1. The molecule has 4 rings (SSSR count). The van der Waals surface area contributed by atoms with Crippen LogP contribution in [0, 0.1) is 0 Å². The molecule has 0 aliphatic carbocycles. The van der Waals surface area contributed by atoms with E-state index in [4.69, 9.17) is 4.74 Å². The van der Waals surface area contributed by atoms with E-state index in [-0.39, 0.29) is 5.91 Å². The molecular formula is C17H19N5O2S. The van der Waals surface area contributed by atoms with Crippen LogP contribution >= 0.6 is 11.3 Å². The summed E-state index contributed by atoms with van der Waals surface area (Å²) in [5.41, 5.74) is 0.171. The number of benzene rings is 1. The molecule has 25 heavy (non-hydrogen) atoms. The molecule has 1 aromatic carbocycles.